The summed E-state index contributed by atoms with van der Waals surface area (Å²) in [4.78, 5) is 38.4. The van der Waals surface area contributed by atoms with Crippen molar-refractivity contribution >= 4 is 54.6 Å². The predicted molar refractivity (Wildman–Crippen MR) is 213 cm³/mol. The van der Waals surface area contributed by atoms with E-state index in [-0.39, 0.29) is 23.2 Å². The van der Waals surface area contributed by atoms with Gasteiger partial charge in [-0.05, 0) is 113 Å². The molecular weight excluding hydrogens is 712 g/mol. The second kappa shape index (κ2) is 16.1. The molecule has 3 N–H and O–H groups in total. The van der Waals surface area contributed by atoms with Gasteiger partial charge in [-0.1, -0.05) is 29.8 Å². The predicted octanol–water partition coefficient (Wildman–Crippen LogP) is 5.55. The molecule has 6 aromatic rings. The van der Waals surface area contributed by atoms with Crippen molar-refractivity contribution in [3.05, 3.63) is 104 Å². The van der Waals surface area contributed by atoms with Crippen LogP contribution in [0.15, 0.2) is 76.4 Å². The van der Waals surface area contributed by atoms with Gasteiger partial charge >= 0.3 is 11.4 Å². The Hall–Kier alpha value is -4.14. The van der Waals surface area contributed by atoms with Crippen LogP contribution >= 0.6 is 11.6 Å². The molecule has 14 heteroatoms. The van der Waals surface area contributed by atoms with Crippen molar-refractivity contribution in [1.82, 2.24) is 38.2 Å². The summed E-state index contributed by atoms with van der Waals surface area (Å²) in [5.74, 6) is 0.0985. The number of hydrogen-bond acceptors (Lipinski definition) is 6. The highest BCUT2D eigenvalue weighted by atomic mass is 35.5. The average molecular weight is 761 g/mol. The zero-order chi connectivity index (χ0) is 37.1. The number of rotatable bonds is 11. The lowest BCUT2D eigenvalue weighted by Gasteiger charge is -2.32. The first-order chi connectivity index (χ1) is 25.6. The molecule has 2 aliphatic heterocycles. The zero-order valence-corrected chi connectivity index (χ0v) is 32.1. The summed E-state index contributed by atoms with van der Waals surface area (Å²) in [6.45, 7) is 5.84. The number of aromatic nitrogens is 5. The van der Waals surface area contributed by atoms with Crippen LogP contribution in [0.3, 0.4) is 0 Å². The second-order valence-electron chi connectivity index (χ2n) is 14.6. The van der Waals surface area contributed by atoms with E-state index in [1.54, 1.807) is 10.4 Å². The van der Waals surface area contributed by atoms with Gasteiger partial charge in [-0.15, -0.1) is 0 Å². The molecule has 0 saturated carbocycles. The topological polar surface area (TPSA) is 135 Å². The SMILES string of the molecule is CN(C)CCc1c[nH]c2ccc(CS(=O)(=O)N3CCCC3)cc12.O=c1[nH]c2ccccc2n1CCCN1CCC(n2c(=O)[nH]c3cc(Cl)ccc32)CC1. The van der Waals surface area contributed by atoms with E-state index in [2.05, 4.69) is 38.8 Å². The Morgan fingerprint density at radius 2 is 1.58 bits per heavy atom. The molecule has 3 aromatic carbocycles. The third-order valence-electron chi connectivity index (χ3n) is 10.6. The third-order valence-corrected chi connectivity index (χ3v) is 12.7. The Morgan fingerprint density at radius 3 is 2.36 bits per heavy atom. The summed E-state index contributed by atoms with van der Waals surface area (Å²) < 4.78 is 30.3. The fourth-order valence-electron chi connectivity index (χ4n) is 7.78. The van der Waals surface area contributed by atoms with E-state index in [4.69, 9.17) is 11.6 Å². The number of halogens is 1. The summed E-state index contributed by atoms with van der Waals surface area (Å²) in [6, 6.07) is 19.5. The van der Waals surface area contributed by atoms with Crippen molar-refractivity contribution in [2.45, 2.75) is 56.9 Å². The minimum atomic E-state index is -3.19. The van der Waals surface area contributed by atoms with Crippen LogP contribution in [0.2, 0.25) is 5.02 Å². The van der Waals surface area contributed by atoms with E-state index in [9.17, 15) is 18.0 Å². The molecule has 0 radical (unpaired) electrons. The number of likely N-dealkylation sites (tertiary alicyclic amines) is 1. The lowest BCUT2D eigenvalue weighted by molar-refractivity contribution is 0.183. The first-order valence-electron chi connectivity index (χ1n) is 18.6. The van der Waals surface area contributed by atoms with Crippen molar-refractivity contribution in [1.29, 1.82) is 0 Å². The number of H-pyrrole nitrogens is 3. The van der Waals surface area contributed by atoms with Gasteiger partial charge in [0.15, 0.2) is 0 Å². The van der Waals surface area contributed by atoms with Crippen molar-refractivity contribution in [2.75, 3.05) is 53.4 Å². The molecule has 2 fully saturated rings. The van der Waals surface area contributed by atoms with Gasteiger partial charge in [0.25, 0.3) is 0 Å². The van der Waals surface area contributed by atoms with Gasteiger partial charge in [-0.25, -0.2) is 22.3 Å². The van der Waals surface area contributed by atoms with Gasteiger partial charge < -0.3 is 24.8 Å². The van der Waals surface area contributed by atoms with Crippen LogP contribution < -0.4 is 11.4 Å². The number of sulfonamides is 1. The maximum Gasteiger partial charge on any atom is 0.326 e. The molecule has 0 amide bonds. The van der Waals surface area contributed by atoms with Crippen LogP contribution in [0.4, 0.5) is 0 Å². The number of para-hydroxylation sites is 2. The normalized spacial score (nSPS) is 16.3. The molecule has 3 aromatic heterocycles. The van der Waals surface area contributed by atoms with E-state index in [0.29, 0.717) is 24.7 Å². The third kappa shape index (κ3) is 8.49. The number of fused-ring (bicyclic) bond motifs is 3. The van der Waals surface area contributed by atoms with Crippen LogP contribution in [-0.4, -0.2) is 100.0 Å². The molecule has 0 unspecified atom stereocenters. The smallest absolute Gasteiger partial charge is 0.326 e. The molecule has 282 valence electrons. The fraction of sp³-hybridized carbons (Fsp3) is 0.436. The Bertz CT molecular complexity index is 2410. The number of benzene rings is 3. The number of imidazole rings is 2. The van der Waals surface area contributed by atoms with E-state index >= 15 is 0 Å². The minimum absolute atomic E-state index is 0.0475. The standard InChI is InChI=1S/C22H24ClN5O2.C17H25N3O2S/c23-15-6-7-20-18(14-15)25-22(30)28(20)16-8-12-26(13-9-16)10-3-11-27-19-5-2-1-4-17(19)24-21(27)29;1-19(2)10-7-15-12-18-17-6-5-14(11-16(15)17)13-23(21,22)20-8-3-4-9-20/h1-2,4-7,14,16H,3,8-13H2,(H,24,29)(H,25,30);5-6,11-12,18H,3-4,7-10,13H2,1-2H3. The highest BCUT2D eigenvalue weighted by Crippen LogP contribution is 2.27. The van der Waals surface area contributed by atoms with Crippen LogP contribution in [0, 0.1) is 0 Å². The highest BCUT2D eigenvalue weighted by molar-refractivity contribution is 7.88. The van der Waals surface area contributed by atoms with Crippen molar-refractivity contribution in [3.63, 3.8) is 0 Å². The number of nitrogens with zero attached hydrogens (tertiary/aromatic N) is 5. The molecule has 12 nitrogen and oxygen atoms in total. The molecule has 53 heavy (non-hydrogen) atoms. The first kappa shape index (κ1) is 37.2. The van der Waals surface area contributed by atoms with E-state index in [1.165, 1.54) is 5.56 Å². The van der Waals surface area contributed by atoms with Crippen molar-refractivity contribution in [2.24, 2.45) is 0 Å². The molecule has 8 rings (SSSR count). The molecule has 5 heterocycles. The van der Waals surface area contributed by atoms with Crippen LogP contribution in [-0.2, 0) is 28.7 Å². The number of aryl methyl sites for hydroxylation is 1. The van der Waals surface area contributed by atoms with Crippen molar-refractivity contribution < 1.29 is 8.42 Å². The Morgan fingerprint density at radius 1 is 0.830 bits per heavy atom. The lowest BCUT2D eigenvalue weighted by Crippen LogP contribution is -2.37. The van der Waals surface area contributed by atoms with Crippen LogP contribution in [0.1, 0.15) is 49.3 Å². The van der Waals surface area contributed by atoms with Gasteiger partial charge in [0.1, 0.15) is 0 Å². The quantitative estimate of drug-likeness (QED) is 0.159. The Kier molecular flexibility index (Phi) is 11.3. The lowest BCUT2D eigenvalue weighted by atomic mass is 10.0. The van der Waals surface area contributed by atoms with Crippen molar-refractivity contribution in [3.8, 4) is 0 Å². The molecule has 2 saturated heterocycles. The molecule has 0 spiro atoms. The second-order valence-corrected chi connectivity index (χ2v) is 17.0. The largest absolute Gasteiger partial charge is 0.361 e. The maximum atomic E-state index is 12.5. The summed E-state index contributed by atoms with van der Waals surface area (Å²) in [5, 5.41) is 1.76. The van der Waals surface area contributed by atoms with Gasteiger partial charge in [0.2, 0.25) is 10.0 Å². The van der Waals surface area contributed by atoms with Gasteiger partial charge in [-0.2, -0.15) is 0 Å². The van der Waals surface area contributed by atoms with E-state index in [1.807, 2.05) is 69.9 Å². The van der Waals surface area contributed by atoms with Crippen LogP contribution in [0.5, 0.6) is 0 Å². The maximum absolute atomic E-state index is 12.5. The first-order valence-corrected chi connectivity index (χ1v) is 20.6. The summed E-state index contributed by atoms with van der Waals surface area (Å²) in [6.07, 6.45) is 7.72. The molecular formula is C39H49ClN8O4S. The fourth-order valence-corrected chi connectivity index (χ4v) is 9.55. The number of nitrogens with one attached hydrogen (secondary N) is 3. The molecule has 0 bridgehead atoms. The monoisotopic (exact) mass is 760 g/mol. The summed E-state index contributed by atoms with van der Waals surface area (Å²) in [5.41, 5.74) is 6.62. The number of aromatic amines is 3. The van der Waals surface area contributed by atoms with E-state index in [0.717, 1.165) is 103 Å². The zero-order valence-electron chi connectivity index (χ0n) is 30.5. The Balaban J connectivity index is 0.000000170. The van der Waals surface area contributed by atoms with Gasteiger partial charge in [0, 0.05) is 67.4 Å². The number of likely N-dealkylation sites (N-methyl/N-ethyl adjacent to an activating group) is 1. The van der Waals surface area contributed by atoms with Gasteiger partial charge in [-0.3, -0.25) is 9.13 Å². The average Bonchev–Trinajstić information content (AvgIpc) is 3.94. The molecule has 0 aliphatic carbocycles. The highest BCUT2D eigenvalue weighted by Gasteiger charge is 2.26. The number of hydrogen-bond donors (Lipinski definition) is 3. The van der Waals surface area contributed by atoms with E-state index < -0.39 is 10.0 Å². The number of piperidine rings is 1. The Labute approximate surface area is 314 Å². The minimum Gasteiger partial charge on any atom is -0.361 e. The van der Waals surface area contributed by atoms with Gasteiger partial charge in [0.05, 0.1) is 27.8 Å². The molecule has 0 atom stereocenters. The summed E-state index contributed by atoms with van der Waals surface area (Å²) in [7, 11) is 0.928. The summed E-state index contributed by atoms with van der Waals surface area (Å²) >= 11 is 6.05. The molecule has 2 aliphatic rings. The van der Waals surface area contributed by atoms with Crippen LogP contribution in [0.25, 0.3) is 33.0 Å².